The van der Waals surface area contributed by atoms with Crippen molar-refractivity contribution in [2.24, 2.45) is 0 Å². The van der Waals surface area contributed by atoms with Crippen LogP contribution >= 0.6 is 0 Å². The zero-order chi connectivity index (χ0) is 15.1. The summed E-state index contributed by atoms with van der Waals surface area (Å²) in [5, 5.41) is 0. The Morgan fingerprint density at radius 2 is 1.43 bits per heavy atom. The van der Waals surface area contributed by atoms with Crippen LogP contribution in [0.5, 0.6) is 0 Å². The Hall–Kier alpha value is -2.35. The number of unbranched alkanes of at least 4 members (excludes halogenated alkanes) is 1. The largest absolute Gasteiger partial charge is 0.277 e. The number of anilines is 2. The third-order valence-corrected chi connectivity index (χ3v) is 3.37. The number of amides is 1. The normalized spacial score (nSPS) is 10.1. The van der Waals surface area contributed by atoms with Crippen molar-refractivity contribution in [2.75, 3.05) is 4.90 Å². The average Bonchev–Trinajstić information content (AvgIpc) is 2.54. The number of carbonyl (C=O) groups excluding carboxylic acids is 1. The van der Waals surface area contributed by atoms with Gasteiger partial charge in [0.15, 0.2) is 0 Å². The van der Waals surface area contributed by atoms with E-state index in [1.54, 1.807) is 4.90 Å². The van der Waals surface area contributed by atoms with Crippen molar-refractivity contribution in [3.63, 3.8) is 0 Å². The van der Waals surface area contributed by atoms with E-state index in [-0.39, 0.29) is 5.91 Å². The van der Waals surface area contributed by atoms with Gasteiger partial charge >= 0.3 is 0 Å². The molecule has 0 saturated heterocycles. The molecule has 0 saturated carbocycles. The summed E-state index contributed by atoms with van der Waals surface area (Å²) in [5.74, 6) is -0.0270. The van der Waals surface area contributed by atoms with Crippen LogP contribution in [0.15, 0.2) is 72.8 Å². The Kier molecular flexibility index (Phi) is 5.33. The number of carbonyl (C=O) groups is 1. The summed E-state index contributed by atoms with van der Waals surface area (Å²) in [6, 6.07) is 19.4. The van der Waals surface area contributed by atoms with Gasteiger partial charge in [-0.2, -0.15) is 0 Å². The lowest BCUT2D eigenvalue weighted by molar-refractivity contribution is -0.114. The molecule has 2 rings (SSSR count). The lowest BCUT2D eigenvalue weighted by atomic mass is 10.1. The molecule has 0 atom stereocenters. The van der Waals surface area contributed by atoms with Crippen LogP contribution in [-0.2, 0) is 4.79 Å². The van der Waals surface area contributed by atoms with Crippen LogP contribution in [0.25, 0.3) is 0 Å². The van der Waals surface area contributed by atoms with Crippen LogP contribution in [-0.4, -0.2) is 5.91 Å². The van der Waals surface area contributed by atoms with E-state index in [2.05, 4.69) is 13.5 Å². The van der Waals surface area contributed by atoms with Gasteiger partial charge in [0, 0.05) is 16.9 Å². The molecule has 21 heavy (non-hydrogen) atoms. The molecule has 0 N–H and O–H groups in total. The van der Waals surface area contributed by atoms with Crippen LogP contribution < -0.4 is 4.90 Å². The molecule has 2 aromatic rings. The molecule has 0 radical (unpaired) electrons. The summed E-state index contributed by atoms with van der Waals surface area (Å²) >= 11 is 0. The Morgan fingerprint density at radius 3 is 1.86 bits per heavy atom. The lowest BCUT2D eigenvalue weighted by Crippen LogP contribution is -2.27. The zero-order valence-electron chi connectivity index (χ0n) is 12.5. The molecule has 0 aromatic heterocycles. The summed E-state index contributed by atoms with van der Waals surface area (Å²) in [7, 11) is 0. The zero-order valence-corrected chi connectivity index (χ0v) is 12.5. The molecule has 0 fully saturated rings. The first-order valence-electron chi connectivity index (χ1n) is 7.36. The first kappa shape index (κ1) is 15.0. The van der Waals surface area contributed by atoms with Gasteiger partial charge in [-0.3, -0.25) is 9.69 Å². The summed E-state index contributed by atoms with van der Waals surface area (Å²) in [4.78, 5) is 14.5. The maximum absolute atomic E-state index is 12.8. The summed E-state index contributed by atoms with van der Waals surface area (Å²) in [6.07, 6.45) is 2.79. The van der Waals surface area contributed by atoms with E-state index >= 15 is 0 Å². The quantitative estimate of drug-likeness (QED) is 0.674. The molecular formula is C19H21NO. The van der Waals surface area contributed by atoms with Gasteiger partial charge in [0.25, 0.3) is 5.91 Å². The number of benzene rings is 2. The van der Waals surface area contributed by atoms with Gasteiger partial charge in [0.05, 0.1) is 0 Å². The minimum absolute atomic E-state index is 0.0270. The van der Waals surface area contributed by atoms with Crippen molar-refractivity contribution in [1.29, 1.82) is 0 Å². The second-order valence-electron chi connectivity index (χ2n) is 5.02. The number of hydrogen-bond donors (Lipinski definition) is 0. The number of nitrogens with zero attached hydrogens (tertiary/aromatic N) is 1. The second kappa shape index (κ2) is 7.44. The molecule has 0 unspecified atom stereocenters. The van der Waals surface area contributed by atoms with Gasteiger partial charge in [-0.25, -0.2) is 0 Å². The fourth-order valence-electron chi connectivity index (χ4n) is 2.19. The highest BCUT2D eigenvalue weighted by atomic mass is 16.2. The first-order valence-corrected chi connectivity index (χ1v) is 7.36. The van der Waals surface area contributed by atoms with Crippen molar-refractivity contribution in [2.45, 2.75) is 26.2 Å². The van der Waals surface area contributed by atoms with Crippen LogP contribution in [0.3, 0.4) is 0 Å². The third kappa shape index (κ3) is 3.82. The van der Waals surface area contributed by atoms with E-state index in [0.717, 1.165) is 30.6 Å². The van der Waals surface area contributed by atoms with E-state index in [4.69, 9.17) is 0 Å². The Bertz CT molecular complexity index is 550. The van der Waals surface area contributed by atoms with Gasteiger partial charge in [-0.15, -0.1) is 0 Å². The molecule has 0 bridgehead atoms. The van der Waals surface area contributed by atoms with Gasteiger partial charge in [0.1, 0.15) is 0 Å². The maximum atomic E-state index is 12.8. The van der Waals surface area contributed by atoms with Crippen LogP contribution in [0, 0.1) is 0 Å². The summed E-state index contributed by atoms with van der Waals surface area (Å²) in [5.41, 5.74) is 2.39. The van der Waals surface area contributed by atoms with E-state index in [1.165, 1.54) is 0 Å². The highest BCUT2D eigenvalue weighted by molar-refractivity contribution is 6.10. The molecule has 0 aliphatic rings. The molecule has 0 heterocycles. The van der Waals surface area contributed by atoms with Crippen molar-refractivity contribution in [1.82, 2.24) is 0 Å². The van der Waals surface area contributed by atoms with Crippen molar-refractivity contribution >= 4 is 17.3 Å². The minimum Gasteiger partial charge on any atom is -0.277 e. The fourth-order valence-corrected chi connectivity index (χ4v) is 2.19. The van der Waals surface area contributed by atoms with Crippen LogP contribution in [0.1, 0.15) is 26.2 Å². The molecule has 108 valence electrons. The topological polar surface area (TPSA) is 20.3 Å². The van der Waals surface area contributed by atoms with E-state index in [1.807, 2.05) is 60.7 Å². The van der Waals surface area contributed by atoms with Crippen LogP contribution in [0.4, 0.5) is 11.4 Å². The van der Waals surface area contributed by atoms with Crippen molar-refractivity contribution in [3.8, 4) is 0 Å². The summed E-state index contributed by atoms with van der Waals surface area (Å²) < 4.78 is 0. The molecular weight excluding hydrogens is 258 g/mol. The standard InChI is InChI=1S/C19H21NO/c1-3-4-11-16(2)19(21)20(17-12-7-5-8-13-17)18-14-9-6-10-15-18/h5-10,12-15H,2-4,11H2,1H3. The first-order chi connectivity index (χ1) is 10.2. The number of rotatable bonds is 6. The lowest BCUT2D eigenvalue weighted by Gasteiger charge is -2.24. The SMILES string of the molecule is C=C(CCCC)C(=O)N(c1ccccc1)c1ccccc1. The molecule has 1 amide bonds. The van der Waals surface area contributed by atoms with Gasteiger partial charge in [-0.05, 0) is 37.1 Å². The molecule has 2 heteroatoms. The Morgan fingerprint density at radius 1 is 0.952 bits per heavy atom. The molecule has 2 nitrogen and oxygen atoms in total. The Labute approximate surface area is 126 Å². The summed E-state index contributed by atoms with van der Waals surface area (Å²) in [6.45, 7) is 6.09. The molecule has 0 aliphatic carbocycles. The Balaban J connectivity index is 2.33. The van der Waals surface area contributed by atoms with Gasteiger partial charge < -0.3 is 0 Å². The highest BCUT2D eigenvalue weighted by Crippen LogP contribution is 2.27. The fraction of sp³-hybridized carbons (Fsp3) is 0.211. The monoisotopic (exact) mass is 279 g/mol. The predicted molar refractivity (Wildman–Crippen MR) is 88.7 cm³/mol. The average molecular weight is 279 g/mol. The van der Waals surface area contributed by atoms with Gasteiger partial charge in [0.2, 0.25) is 0 Å². The van der Waals surface area contributed by atoms with Crippen molar-refractivity contribution < 1.29 is 4.79 Å². The number of hydrogen-bond acceptors (Lipinski definition) is 1. The van der Waals surface area contributed by atoms with E-state index < -0.39 is 0 Å². The van der Waals surface area contributed by atoms with E-state index in [9.17, 15) is 4.79 Å². The highest BCUT2D eigenvalue weighted by Gasteiger charge is 2.19. The molecule has 0 spiro atoms. The molecule has 2 aromatic carbocycles. The second-order valence-corrected chi connectivity index (χ2v) is 5.02. The smallest absolute Gasteiger partial charge is 0.258 e. The third-order valence-electron chi connectivity index (χ3n) is 3.37. The van der Waals surface area contributed by atoms with Gasteiger partial charge in [-0.1, -0.05) is 56.3 Å². The maximum Gasteiger partial charge on any atom is 0.258 e. The van der Waals surface area contributed by atoms with Crippen molar-refractivity contribution in [3.05, 3.63) is 72.8 Å². The number of para-hydroxylation sites is 2. The predicted octanol–water partition coefficient (Wildman–Crippen LogP) is 5.10. The molecule has 0 aliphatic heterocycles. The van der Waals surface area contributed by atoms with E-state index in [0.29, 0.717) is 5.57 Å². The minimum atomic E-state index is -0.0270. The van der Waals surface area contributed by atoms with Crippen LogP contribution in [0.2, 0.25) is 0 Å².